The lowest BCUT2D eigenvalue weighted by atomic mass is 9.82. The van der Waals surface area contributed by atoms with Crippen LogP contribution in [0.25, 0.3) is 0 Å². The van der Waals surface area contributed by atoms with E-state index in [1.807, 2.05) is 18.2 Å². The summed E-state index contributed by atoms with van der Waals surface area (Å²) in [6, 6.07) is 8.06. The average Bonchev–Trinajstić information content (AvgIpc) is 2.52. The van der Waals surface area contributed by atoms with Gasteiger partial charge in [-0.2, -0.15) is 0 Å². The van der Waals surface area contributed by atoms with Crippen LogP contribution in [0.1, 0.15) is 18.4 Å². The first-order valence-corrected chi connectivity index (χ1v) is 8.17. The zero-order valence-corrected chi connectivity index (χ0v) is 14.4. The van der Waals surface area contributed by atoms with E-state index in [1.165, 1.54) is 0 Å². The molecule has 122 valence electrons. The molecule has 0 spiro atoms. The largest absolute Gasteiger partial charge is 0.382 e. The molecule has 1 aliphatic heterocycles. The first-order valence-electron chi connectivity index (χ1n) is 7.38. The number of amides is 1. The summed E-state index contributed by atoms with van der Waals surface area (Å²) in [7, 11) is 1.60. The van der Waals surface area contributed by atoms with Crippen molar-refractivity contribution < 1.29 is 19.0 Å². The van der Waals surface area contributed by atoms with Crippen molar-refractivity contribution in [1.29, 1.82) is 0 Å². The van der Waals surface area contributed by atoms with Gasteiger partial charge < -0.3 is 19.5 Å². The molecular weight excluding hydrogens is 350 g/mol. The molecule has 1 aliphatic rings. The first kappa shape index (κ1) is 17.4. The number of halogens is 1. The van der Waals surface area contributed by atoms with Gasteiger partial charge in [0.25, 0.3) is 0 Å². The van der Waals surface area contributed by atoms with Gasteiger partial charge in [0.05, 0.1) is 18.8 Å². The molecule has 6 heteroatoms. The number of hydrogen-bond donors (Lipinski definition) is 1. The Bertz CT molecular complexity index is 489. The molecule has 0 unspecified atom stereocenters. The normalized spacial score (nSPS) is 17.2. The Morgan fingerprint density at radius 3 is 2.82 bits per heavy atom. The van der Waals surface area contributed by atoms with Crippen molar-refractivity contribution in [2.75, 3.05) is 40.1 Å². The van der Waals surface area contributed by atoms with Crippen molar-refractivity contribution >= 4 is 21.8 Å². The highest BCUT2D eigenvalue weighted by molar-refractivity contribution is 9.10. The number of benzene rings is 1. The predicted octanol–water partition coefficient (Wildman–Crippen LogP) is 2.23. The van der Waals surface area contributed by atoms with Crippen molar-refractivity contribution in [3.63, 3.8) is 0 Å². The molecule has 1 aromatic carbocycles. The lowest BCUT2D eigenvalue weighted by molar-refractivity contribution is -0.129. The quantitative estimate of drug-likeness (QED) is 0.746. The smallest absolute Gasteiger partial charge is 0.246 e. The monoisotopic (exact) mass is 371 g/mol. The second-order valence-electron chi connectivity index (χ2n) is 5.30. The van der Waals surface area contributed by atoms with Gasteiger partial charge in [-0.25, -0.2) is 0 Å². The molecule has 1 aromatic rings. The van der Waals surface area contributed by atoms with Crippen molar-refractivity contribution in [1.82, 2.24) is 5.32 Å². The Kier molecular flexibility index (Phi) is 6.82. The fraction of sp³-hybridized carbons (Fsp3) is 0.562. The molecule has 1 N–H and O–H groups in total. The predicted molar refractivity (Wildman–Crippen MR) is 86.7 cm³/mol. The van der Waals surface area contributed by atoms with E-state index in [2.05, 4.69) is 27.3 Å². The SMILES string of the molecule is COCCOCC(=O)NC1(c2cccc(Br)c2)CCOCC1. The zero-order valence-electron chi connectivity index (χ0n) is 12.8. The number of carbonyl (C=O) groups excluding carboxylic acids is 1. The maximum absolute atomic E-state index is 12.2. The highest BCUT2D eigenvalue weighted by atomic mass is 79.9. The Balaban J connectivity index is 2.04. The molecule has 1 fully saturated rings. The molecule has 0 atom stereocenters. The second-order valence-corrected chi connectivity index (χ2v) is 6.21. The Labute approximate surface area is 139 Å². The summed E-state index contributed by atoms with van der Waals surface area (Å²) in [5, 5.41) is 3.15. The lowest BCUT2D eigenvalue weighted by Gasteiger charge is -2.38. The van der Waals surface area contributed by atoms with Gasteiger partial charge in [0.1, 0.15) is 6.61 Å². The van der Waals surface area contributed by atoms with Crippen molar-refractivity contribution in [3.05, 3.63) is 34.3 Å². The summed E-state index contributed by atoms with van der Waals surface area (Å²) in [5.74, 6) is -0.113. The van der Waals surface area contributed by atoms with Crippen molar-refractivity contribution in [2.45, 2.75) is 18.4 Å². The van der Waals surface area contributed by atoms with E-state index in [9.17, 15) is 4.79 Å². The van der Waals surface area contributed by atoms with Gasteiger partial charge in [0, 0.05) is 24.8 Å². The molecule has 1 heterocycles. The van der Waals surface area contributed by atoms with Gasteiger partial charge in [-0.15, -0.1) is 0 Å². The van der Waals surface area contributed by atoms with Gasteiger partial charge in [-0.05, 0) is 30.5 Å². The van der Waals surface area contributed by atoms with Gasteiger partial charge in [-0.1, -0.05) is 28.1 Å². The van der Waals surface area contributed by atoms with E-state index in [0.717, 1.165) is 22.9 Å². The minimum absolute atomic E-state index is 0.0416. The molecule has 2 rings (SSSR count). The van der Waals surface area contributed by atoms with Gasteiger partial charge in [0.15, 0.2) is 0 Å². The van der Waals surface area contributed by atoms with Gasteiger partial charge >= 0.3 is 0 Å². The topological polar surface area (TPSA) is 56.8 Å². The van der Waals surface area contributed by atoms with Crippen molar-refractivity contribution in [3.8, 4) is 0 Å². The Hall–Kier alpha value is -0.950. The highest BCUT2D eigenvalue weighted by Gasteiger charge is 2.36. The van der Waals surface area contributed by atoms with Crippen LogP contribution < -0.4 is 5.32 Å². The zero-order chi connectivity index (χ0) is 15.8. The second kappa shape index (κ2) is 8.62. The summed E-state index contributed by atoms with van der Waals surface area (Å²) in [6.07, 6.45) is 1.51. The molecule has 0 aromatic heterocycles. The van der Waals surface area contributed by atoms with Crippen LogP contribution in [-0.4, -0.2) is 46.1 Å². The maximum Gasteiger partial charge on any atom is 0.246 e. The molecule has 0 saturated carbocycles. The van der Waals surface area contributed by atoms with Gasteiger partial charge in [0.2, 0.25) is 5.91 Å². The highest BCUT2D eigenvalue weighted by Crippen LogP contribution is 2.33. The van der Waals surface area contributed by atoms with Crippen LogP contribution in [0.3, 0.4) is 0 Å². The summed E-state index contributed by atoms with van der Waals surface area (Å²) in [4.78, 5) is 12.2. The number of carbonyl (C=O) groups is 1. The van der Waals surface area contributed by atoms with Gasteiger partial charge in [-0.3, -0.25) is 4.79 Å². The first-order chi connectivity index (χ1) is 10.7. The number of nitrogens with one attached hydrogen (secondary N) is 1. The van der Waals surface area contributed by atoms with Crippen LogP contribution in [0, 0.1) is 0 Å². The van der Waals surface area contributed by atoms with Crippen LogP contribution in [0.5, 0.6) is 0 Å². The Morgan fingerprint density at radius 2 is 2.14 bits per heavy atom. The number of methoxy groups -OCH3 is 1. The minimum atomic E-state index is -0.385. The number of hydrogen-bond acceptors (Lipinski definition) is 4. The van der Waals surface area contributed by atoms with Crippen LogP contribution >= 0.6 is 15.9 Å². The standard InChI is InChI=1S/C16H22BrNO4/c1-20-9-10-22-12-15(19)18-16(5-7-21-8-6-16)13-3-2-4-14(17)11-13/h2-4,11H,5-10,12H2,1H3,(H,18,19). The summed E-state index contributed by atoms with van der Waals surface area (Å²) in [6.45, 7) is 2.21. The molecule has 1 saturated heterocycles. The van der Waals surface area contributed by atoms with Crippen molar-refractivity contribution in [2.24, 2.45) is 0 Å². The fourth-order valence-corrected chi connectivity index (χ4v) is 3.00. The third-order valence-electron chi connectivity index (χ3n) is 3.77. The average molecular weight is 372 g/mol. The molecule has 1 amide bonds. The maximum atomic E-state index is 12.2. The molecule has 0 radical (unpaired) electrons. The van der Waals surface area contributed by atoms with Crippen LogP contribution in [0.15, 0.2) is 28.7 Å². The van der Waals surface area contributed by atoms with E-state index in [0.29, 0.717) is 26.4 Å². The molecular formula is C16H22BrNO4. The molecule has 0 bridgehead atoms. The number of ether oxygens (including phenoxy) is 3. The van der Waals surface area contributed by atoms with Crippen LogP contribution in [-0.2, 0) is 24.5 Å². The van der Waals surface area contributed by atoms with E-state index in [4.69, 9.17) is 14.2 Å². The summed E-state index contributed by atoms with van der Waals surface area (Å²) < 4.78 is 16.7. The molecule has 0 aliphatic carbocycles. The third kappa shape index (κ3) is 4.78. The van der Waals surface area contributed by atoms with Crippen LogP contribution in [0.4, 0.5) is 0 Å². The van der Waals surface area contributed by atoms with E-state index < -0.39 is 0 Å². The molecule has 5 nitrogen and oxygen atoms in total. The number of rotatable bonds is 7. The fourth-order valence-electron chi connectivity index (χ4n) is 2.60. The lowest BCUT2D eigenvalue weighted by Crippen LogP contribution is -2.50. The summed E-state index contributed by atoms with van der Waals surface area (Å²) in [5.41, 5.74) is 0.708. The van der Waals surface area contributed by atoms with E-state index in [1.54, 1.807) is 7.11 Å². The molecule has 22 heavy (non-hydrogen) atoms. The summed E-state index contributed by atoms with van der Waals surface area (Å²) >= 11 is 3.50. The Morgan fingerprint density at radius 1 is 1.36 bits per heavy atom. The van der Waals surface area contributed by atoms with Crippen LogP contribution in [0.2, 0.25) is 0 Å². The van der Waals surface area contributed by atoms with E-state index in [-0.39, 0.29) is 18.1 Å². The third-order valence-corrected chi connectivity index (χ3v) is 4.26. The minimum Gasteiger partial charge on any atom is -0.382 e. The van der Waals surface area contributed by atoms with E-state index >= 15 is 0 Å².